The topological polar surface area (TPSA) is 64.9 Å². The van der Waals surface area contributed by atoms with Gasteiger partial charge in [-0.1, -0.05) is 29.6 Å². The third kappa shape index (κ3) is 2.21. The second-order valence-electron chi connectivity index (χ2n) is 5.37. The lowest BCUT2D eigenvalue weighted by molar-refractivity contribution is 0.372. The van der Waals surface area contributed by atoms with Crippen LogP contribution in [0.25, 0.3) is 11.5 Å². The van der Waals surface area contributed by atoms with Gasteiger partial charge < -0.3 is 10.3 Å². The van der Waals surface area contributed by atoms with E-state index in [0.717, 1.165) is 25.7 Å². The van der Waals surface area contributed by atoms with Crippen molar-refractivity contribution in [3.8, 4) is 11.5 Å². The first-order valence-corrected chi connectivity index (χ1v) is 6.96. The van der Waals surface area contributed by atoms with Crippen LogP contribution >= 0.6 is 11.6 Å². The van der Waals surface area contributed by atoms with E-state index in [1.54, 1.807) is 13.0 Å². The molecule has 1 fully saturated rings. The van der Waals surface area contributed by atoms with Crippen LogP contribution < -0.4 is 5.73 Å². The van der Waals surface area contributed by atoms with Crippen LogP contribution in [0.3, 0.4) is 0 Å². The highest BCUT2D eigenvalue weighted by molar-refractivity contribution is 6.33. The van der Waals surface area contributed by atoms with Crippen molar-refractivity contribution < 1.29 is 8.91 Å². The molecule has 0 saturated heterocycles. The van der Waals surface area contributed by atoms with Gasteiger partial charge in [-0.3, -0.25) is 0 Å². The van der Waals surface area contributed by atoms with Crippen molar-refractivity contribution in [2.75, 3.05) is 0 Å². The Morgan fingerprint density at radius 1 is 1.35 bits per heavy atom. The van der Waals surface area contributed by atoms with Gasteiger partial charge in [0, 0.05) is 0 Å². The highest BCUT2D eigenvalue weighted by atomic mass is 35.5. The molecule has 0 radical (unpaired) electrons. The lowest BCUT2D eigenvalue weighted by Crippen LogP contribution is -2.34. The zero-order valence-corrected chi connectivity index (χ0v) is 11.9. The van der Waals surface area contributed by atoms with E-state index in [2.05, 4.69) is 10.1 Å². The number of aryl methyl sites for hydroxylation is 1. The maximum Gasteiger partial charge on any atom is 0.259 e. The number of aromatic nitrogens is 2. The molecule has 0 amide bonds. The SMILES string of the molecule is Cc1cc(-c2nc(C3(N)CCCC3)no2)c(Cl)cc1F. The molecule has 1 saturated carbocycles. The first-order valence-electron chi connectivity index (χ1n) is 6.59. The Morgan fingerprint density at radius 2 is 2.05 bits per heavy atom. The van der Waals surface area contributed by atoms with Crippen LogP contribution in [-0.4, -0.2) is 10.1 Å². The zero-order valence-electron chi connectivity index (χ0n) is 11.1. The van der Waals surface area contributed by atoms with Gasteiger partial charge >= 0.3 is 0 Å². The number of rotatable bonds is 2. The van der Waals surface area contributed by atoms with Gasteiger partial charge in [0.1, 0.15) is 5.82 Å². The maximum atomic E-state index is 13.4. The molecule has 0 atom stereocenters. The molecule has 0 unspecified atom stereocenters. The summed E-state index contributed by atoms with van der Waals surface area (Å²) in [6.45, 7) is 1.66. The molecule has 1 heterocycles. The molecule has 2 aromatic rings. The summed E-state index contributed by atoms with van der Waals surface area (Å²) in [5.41, 5.74) is 6.79. The van der Waals surface area contributed by atoms with E-state index < -0.39 is 5.54 Å². The van der Waals surface area contributed by atoms with Crippen molar-refractivity contribution in [3.63, 3.8) is 0 Å². The lowest BCUT2D eigenvalue weighted by Gasteiger charge is -2.17. The fraction of sp³-hybridized carbons (Fsp3) is 0.429. The molecular formula is C14H15ClFN3O. The number of benzene rings is 1. The van der Waals surface area contributed by atoms with Crippen molar-refractivity contribution >= 4 is 11.6 Å². The summed E-state index contributed by atoms with van der Waals surface area (Å²) in [6, 6.07) is 2.86. The monoisotopic (exact) mass is 295 g/mol. The Bertz CT molecular complexity index is 650. The summed E-state index contributed by atoms with van der Waals surface area (Å²) in [6.07, 6.45) is 3.83. The van der Waals surface area contributed by atoms with Crippen molar-refractivity contribution in [2.24, 2.45) is 5.73 Å². The molecule has 3 rings (SSSR count). The fourth-order valence-corrected chi connectivity index (χ4v) is 2.82. The summed E-state index contributed by atoms with van der Waals surface area (Å²) < 4.78 is 18.7. The van der Waals surface area contributed by atoms with Crippen molar-refractivity contribution in [2.45, 2.75) is 38.1 Å². The maximum absolute atomic E-state index is 13.4. The number of hydrogen-bond acceptors (Lipinski definition) is 4. The van der Waals surface area contributed by atoms with Gasteiger partial charge in [-0.2, -0.15) is 4.98 Å². The molecule has 1 aliphatic rings. The molecule has 0 aliphatic heterocycles. The Morgan fingerprint density at radius 3 is 2.75 bits per heavy atom. The average Bonchev–Trinajstić information content (AvgIpc) is 3.03. The van der Waals surface area contributed by atoms with Crippen LogP contribution in [0.2, 0.25) is 5.02 Å². The first-order chi connectivity index (χ1) is 9.49. The first kappa shape index (κ1) is 13.5. The summed E-state index contributed by atoms with van der Waals surface area (Å²) in [5.74, 6) is 0.428. The van der Waals surface area contributed by atoms with Crippen molar-refractivity contribution in [1.29, 1.82) is 0 Å². The fourth-order valence-electron chi connectivity index (χ4n) is 2.59. The second kappa shape index (κ2) is 4.82. The largest absolute Gasteiger partial charge is 0.334 e. The predicted molar refractivity (Wildman–Crippen MR) is 73.8 cm³/mol. The van der Waals surface area contributed by atoms with E-state index in [-0.39, 0.29) is 16.7 Å². The van der Waals surface area contributed by atoms with Gasteiger partial charge in [-0.15, -0.1) is 0 Å². The van der Waals surface area contributed by atoms with E-state index in [0.29, 0.717) is 17.0 Å². The van der Waals surface area contributed by atoms with Crippen molar-refractivity contribution in [3.05, 3.63) is 34.4 Å². The minimum atomic E-state index is -0.511. The van der Waals surface area contributed by atoms with Crippen molar-refractivity contribution in [1.82, 2.24) is 10.1 Å². The van der Waals surface area contributed by atoms with E-state index in [1.807, 2.05) is 0 Å². The predicted octanol–water partition coefficient (Wildman–Crippen LogP) is 3.57. The summed E-state index contributed by atoms with van der Waals surface area (Å²) >= 11 is 6.04. The summed E-state index contributed by atoms with van der Waals surface area (Å²) in [4.78, 5) is 4.36. The Labute approximate surface area is 121 Å². The third-order valence-corrected chi connectivity index (χ3v) is 4.16. The van der Waals surface area contributed by atoms with Crippen LogP contribution in [-0.2, 0) is 5.54 Å². The molecule has 0 spiro atoms. The molecule has 2 N–H and O–H groups in total. The minimum absolute atomic E-state index is 0.251. The third-order valence-electron chi connectivity index (χ3n) is 3.85. The van der Waals surface area contributed by atoms with E-state index >= 15 is 0 Å². The van der Waals surface area contributed by atoms with Crippen LogP contribution in [0.5, 0.6) is 0 Å². The highest BCUT2D eigenvalue weighted by Crippen LogP contribution is 2.36. The number of hydrogen-bond donors (Lipinski definition) is 1. The summed E-state index contributed by atoms with van der Waals surface area (Å²) in [5, 5.41) is 4.23. The number of halogens is 2. The van der Waals surface area contributed by atoms with Gasteiger partial charge in [0.25, 0.3) is 5.89 Å². The summed E-state index contributed by atoms with van der Waals surface area (Å²) in [7, 11) is 0. The molecule has 4 nitrogen and oxygen atoms in total. The molecule has 1 aliphatic carbocycles. The Balaban J connectivity index is 2.00. The van der Waals surface area contributed by atoms with Crippen LogP contribution in [0, 0.1) is 12.7 Å². The molecule has 0 bridgehead atoms. The highest BCUT2D eigenvalue weighted by Gasteiger charge is 2.36. The molecule has 20 heavy (non-hydrogen) atoms. The van der Waals surface area contributed by atoms with Crippen LogP contribution in [0.15, 0.2) is 16.7 Å². The number of nitrogens with two attached hydrogens (primary N) is 1. The van der Waals surface area contributed by atoms with E-state index in [9.17, 15) is 4.39 Å². The van der Waals surface area contributed by atoms with Crippen LogP contribution in [0.1, 0.15) is 37.1 Å². The minimum Gasteiger partial charge on any atom is -0.334 e. The van der Waals surface area contributed by atoms with E-state index in [4.69, 9.17) is 21.9 Å². The molecule has 106 valence electrons. The van der Waals surface area contributed by atoms with Gasteiger partial charge in [-0.05, 0) is 37.5 Å². The van der Waals surface area contributed by atoms with Gasteiger partial charge in [0.05, 0.1) is 16.1 Å². The molecule has 6 heteroatoms. The smallest absolute Gasteiger partial charge is 0.259 e. The second-order valence-corrected chi connectivity index (χ2v) is 5.77. The quantitative estimate of drug-likeness (QED) is 0.920. The Hall–Kier alpha value is -1.46. The van der Waals surface area contributed by atoms with Crippen LogP contribution in [0.4, 0.5) is 4.39 Å². The Kier molecular flexibility index (Phi) is 3.26. The molecular weight excluding hydrogens is 281 g/mol. The molecule has 1 aromatic heterocycles. The average molecular weight is 296 g/mol. The standard InChI is InChI=1S/C14H15ClFN3O/c1-8-6-9(10(15)7-11(8)16)12-18-13(19-20-12)14(17)4-2-3-5-14/h6-7H,2-5,17H2,1H3. The lowest BCUT2D eigenvalue weighted by atomic mass is 9.98. The zero-order chi connectivity index (χ0) is 14.3. The van der Waals surface area contributed by atoms with Gasteiger partial charge in [0.2, 0.25) is 0 Å². The number of nitrogens with zero attached hydrogens (tertiary/aromatic N) is 2. The van der Waals surface area contributed by atoms with E-state index in [1.165, 1.54) is 6.07 Å². The van der Waals surface area contributed by atoms with Gasteiger partial charge in [0.15, 0.2) is 5.82 Å². The normalized spacial score (nSPS) is 17.6. The van der Waals surface area contributed by atoms with Gasteiger partial charge in [-0.25, -0.2) is 4.39 Å². The molecule has 1 aromatic carbocycles.